The van der Waals surface area contributed by atoms with Gasteiger partial charge in [-0.05, 0) is 49.6 Å². The first-order chi connectivity index (χ1) is 12.4. The third-order valence-corrected chi connectivity index (χ3v) is 4.60. The normalized spacial score (nSPS) is 14.2. The zero-order chi connectivity index (χ0) is 18.8. The van der Waals surface area contributed by atoms with Crippen molar-refractivity contribution >= 4 is 23.1 Å². The summed E-state index contributed by atoms with van der Waals surface area (Å²) in [5.74, 6) is -0.631. The molecule has 2 aromatic rings. The molecule has 132 valence electrons. The van der Waals surface area contributed by atoms with Gasteiger partial charge < -0.3 is 5.32 Å². The number of amides is 2. The van der Waals surface area contributed by atoms with E-state index in [1.165, 1.54) is 10.5 Å². The molecule has 0 spiro atoms. The maximum absolute atomic E-state index is 12.9. The molecule has 0 saturated heterocycles. The van der Waals surface area contributed by atoms with Crippen LogP contribution < -0.4 is 5.32 Å². The average molecular weight is 346 g/mol. The first-order valence-corrected chi connectivity index (χ1v) is 8.55. The van der Waals surface area contributed by atoms with Gasteiger partial charge in [-0.2, -0.15) is 0 Å². The fraction of sp³-hybridized carbons (Fsp3) is 0.182. The van der Waals surface area contributed by atoms with Crippen LogP contribution in [0.5, 0.6) is 0 Å². The van der Waals surface area contributed by atoms with Crippen LogP contribution in [0.1, 0.15) is 22.3 Å². The molecule has 0 unspecified atom stereocenters. The summed E-state index contributed by atoms with van der Waals surface area (Å²) >= 11 is 0. The lowest BCUT2D eigenvalue weighted by molar-refractivity contribution is -0.136. The second-order valence-corrected chi connectivity index (χ2v) is 6.55. The molecule has 0 aromatic heterocycles. The second kappa shape index (κ2) is 7.00. The van der Waals surface area contributed by atoms with Gasteiger partial charge in [-0.25, -0.2) is 0 Å². The largest absolute Gasteiger partial charge is 0.350 e. The molecule has 0 atom stereocenters. The van der Waals surface area contributed by atoms with Crippen molar-refractivity contribution in [3.05, 3.63) is 83.1 Å². The minimum Gasteiger partial charge on any atom is -0.350 e. The van der Waals surface area contributed by atoms with Crippen LogP contribution in [0.2, 0.25) is 0 Å². The SMILES string of the molecule is C=CCN1C(=O)C(Nc2ccc(C)c(C)c2)=C(c2ccc(C)cc2)C1=O. The summed E-state index contributed by atoms with van der Waals surface area (Å²) in [5, 5.41) is 3.17. The van der Waals surface area contributed by atoms with Crippen molar-refractivity contribution in [2.45, 2.75) is 20.8 Å². The number of aryl methyl sites for hydroxylation is 3. The molecule has 26 heavy (non-hydrogen) atoms. The number of nitrogens with zero attached hydrogens (tertiary/aromatic N) is 1. The van der Waals surface area contributed by atoms with Crippen LogP contribution in [0.15, 0.2) is 60.8 Å². The van der Waals surface area contributed by atoms with Crippen molar-refractivity contribution in [3.63, 3.8) is 0 Å². The lowest BCUT2D eigenvalue weighted by Crippen LogP contribution is -2.32. The molecule has 0 fully saturated rings. The first-order valence-electron chi connectivity index (χ1n) is 8.55. The number of nitrogens with one attached hydrogen (secondary N) is 1. The minimum atomic E-state index is -0.330. The topological polar surface area (TPSA) is 49.4 Å². The molecule has 3 rings (SSSR count). The lowest BCUT2D eigenvalue weighted by atomic mass is 10.0. The number of benzene rings is 2. The highest BCUT2D eigenvalue weighted by Gasteiger charge is 2.38. The molecule has 1 N–H and O–H groups in total. The lowest BCUT2D eigenvalue weighted by Gasteiger charge is -2.13. The molecule has 1 aliphatic rings. The van der Waals surface area contributed by atoms with Crippen LogP contribution in [0.3, 0.4) is 0 Å². The van der Waals surface area contributed by atoms with Crippen molar-refractivity contribution in [3.8, 4) is 0 Å². The van der Waals surface area contributed by atoms with Gasteiger partial charge in [0.05, 0.1) is 5.57 Å². The van der Waals surface area contributed by atoms with E-state index >= 15 is 0 Å². The van der Waals surface area contributed by atoms with E-state index in [2.05, 4.69) is 11.9 Å². The van der Waals surface area contributed by atoms with E-state index in [4.69, 9.17) is 0 Å². The van der Waals surface area contributed by atoms with Gasteiger partial charge in [0.1, 0.15) is 5.70 Å². The van der Waals surface area contributed by atoms with E-state index in [1.54, 1.807) is 6.08 Å². The predicted octanol–water partition coefficient (Wildman–Crippen LogP) is 3.99. The maximum Gasteiger partial charge on any atom is 0.278 e. The summed E-state index contributed by atoms with van der Waals surface area (Å²) in [7, 11) is 0. The van der Waals surface area contributed by atoms with Gasteiger partial charge in [0, 0.05) is 12.2 Å². The quantitative estimate of drug-likeness (QED) is 0.658. The Morgan fingerprint density at radius 3 is 2.27 bits per heavy atom. The number of carbonyl (C=O) groups is 2. The van der Waals surface area contributed by atoms with Crippen LogP contribution in [0.25, 0.3) is 5.57 Å². The summed E-state index contributed by atoms with van der Waals surface area (Å²) in [6.07, 6.45) is 1.56. The number of imide groups is 1. The van der Waals surface area contributed by atoms with E-state index in [0.29, 0.717) is 11.3 Å². The summed E-state index contributed by atoms with van der Waals surface area (Å²) in [5.41, 5.74) is 5.61. The van der Waals surface area contributed by atoms with Crippen LogP contribution >= 0.6 is 0 Å². The van der Waals surface area contributed by atoms with Crippen molar-refractivity contribution in [1.29, 1.82) is 0 Å². The van der Waals surface area contributed by atoms with Gasteiger partial charge in [0.2, 0.25) is 0 Å². The van der Waals surface area contributed by atoms with Gasteiger partial charge in [0.15, 0.2) is 0 Å². The summed E-state index contributed by atoms with van der Waals surface area (Å²) in [4.78, 5) is 26.9. The fourth-order valence-electron chi connectivity index (χ4n) is 2.94. The van der Waals surface area contributed by atoms with Crippen LogP contribution in [-0.4, -0.2) is 23.3 Å². The zero-order valence-electron chi connectivity index (χ0n) is 15.3. The van der Waals surface area contributed by atoms with Crippen molar-refractivity contribution in [1.82, 2.24) is 4.90 Å². The van der Waals surface area contributed by atoms with Gasteiger partial charge in [-0.1, -0.05) is 42.0 Å². The molecule has 1 heterocycles. The van der Waals surface area contributed by atoms with Crippen LogP contribution in [0, 0.1) is 20.8 Å². The van der Waals surface area contributed by atoms with Gasteiger partial charge in [-0.15, -0.1) is 6.58 Å². The van der Waals surface area contributed by atoms with Gasteiger partial charge >= 0.3 is 0 Å². The number of anilines is 1. The molecule has 0 aliphatic carbocycles. The highest BCUT2D eigenvalue weighted by Crippen LogP contribution is 2.31. The van der Waals surface area contributed by atoms with Crippen molar-refractivity contribution in [2.24, 2.45) is 0 Å². The molecular formula is C22H22N2O2. The van der Waals surface area contributed by atoms with E-state index < -0.39 is 0 Å². The molecular weight excluding hydrogens is 324 g/mol. The molecule has 0 radical (unpaired) electrons. The number of rotatable bonds is 5. The van der Waals surface area contributed by atoms with E-state index in [9.17, 15) is 9.59 Å². The van der Waals surface area contributed by atoms with E-state index in [0.717, 1.165) is 22.4 Å². The smallest absolute Gasteiger partial charge is 0.278 e. The highest BCUT2D eigenvalue weighted by molar-refractivity contribution is 6.36. The van der Waals surface area contributed by atoms with Crippen LogP contribution in [-0.2, 0) is 9.59 Å². The monoisotopic (exact) mass is 346 g/mol. The molecule has 1 aliphatic heterocycles. The Bertz CT molecular complexity index is 924. The Morgan fingerprint density at radius 2 is 1.65 bits per heavy atom. The average Bonchev–Trinajstić information content (AvgIpc) is 2.84. The Labute approximate surface area is 153 Å². The molecule has 0 bridgehead atoms. The Hall–Kier alpha value is -3.14. The molecule has 2 amide bonds. The molecule has 2 aromatic carbocycles. The Balaban J connectivity index is 2.08. The van der Waals surface area contributed by atoms with E-state index in [-0.39, 0.29) is 18.4 Å². The first kappa shape index (κ1) is 17.7. The number of carbonyl (C=O) groups excluding carboxylic acids is 2. The van der Waals surface area contributed by atoms with Crippen molar-refractivity contribution < 1.29 is 9.59 Å². The van der Waals surface area contributed by atoms with Crippen molar-refractivity contribution in [2.75, 3.05) is 11.9 Å². The van der Waals surface area contributed by atoms with Gasteiger partial charge in [0.25, 0.3) is 11.8 Å². The fourth-order valence-corrected chi connectivity index (χ4v) is 2.94. The Kier molecular flexibility index (Phi) is 4.76. The summed E-state index contributed by atoms with van der Waals surface area (Å²) < 4.78 is 0. The van der Waals surface area contributed by atoms with E-state index in [1.807, 2.05) is 63.2 Å². The summed E-state index contributed by atoms with van der Waals surface area (Å²) in [6, 6.07) is 13.5. The van der Waals surface area contributed by atoms with Gasteiger partial charge in [-0.3, -0.25) is 14.5 Å². The zero-order valence-corrected chi connectivity index (χ0v) is 15.3. The third-order valence-electron chi connectivity index (χ3n) is 4.60. The molecule has 0 saturated carbocycles. The number of hydrogen-bond acceptors (Lipinski definition) is 3. The highest BCUT2D eigenvalue weighted by atomic mass is 16.2. The molecule has 4 nitrogen and oxygen atoms in total. The van der Waals surface area contributed by atoms with Crippen LogP contribution in [0.4, 0.5) is 5.69 Å². The standard InChI is InChI=1S/C22H22N2O2/c1-5-12-24-21(25)19(17-9-6-14(2)7-10-17)20(22(24)26)23-18-11-8-15(3)16(4)13-18/h5-11,13,23H,1,12H2,2-4H3. The Morgan fingerprint density at radius 1 is 0.962 bits per heavy atom. The molecule has 4 heteroatoms. The minimum absolute atomic E-state index is 0.186. The second-order valence-electron chi connectivity index (χ2n) is 6.55. The maximum atomic E-state index is 12.9. The number of hydrogen-bond donors (Lipinski definition) is 1. The summed E-state index contributed by atoms with van der Waals surface area (Å²) in [6.45, 7) is 9.87. The predicted molar refractivity (Wildman–Crippen MR) is 105 cm³/mol. The third kappa shape index (κ3) is 3.18.